The Morgan fingerprint density at radius 3 is 2.78 bits per heavy atom. The molecule has 4 heterocycles. The highest BCUT2D eigenvalue weighted by Crippen LogP contribution is 2.33. The van der Waals surface area contributed by atoms with Gasteiger partial charge in [0.25, 0.3) is 0 Å². The van der Waals surface area contributed by atoms with Gasteiger partial charge in [0, 0.05) is 66.1 Å². The van der Waals surface area contributed by atoms with Crippen LogP contribution in [-0.2, 0) is 11.8 Å². The fraction of sp³-hybridized carbons (Fsp3) is 0.185. The van der Waals surface area contributed by atoms with E-state index in [9.17, 15) is 4.79 Å². The summed E-state index contributed by atoms with van der Waals surface area (Å²) in [5, 5.41) is 11.9. The molecular formula is C27H26N8OS. The van der Waals surface area contributed by atoms with Crippen LogP contribution in [0.4, 0.5) is 23.0 Å². The third-order valence-corrected chi connectivity index (χ3v) is 7.38. The topological polar surface area (TPSA) is 92.4 Å². The molecule has 0 bridgehead atoms. The Morgan fingerprint density at radius 2 is 1.95 bits per heavy atom. The number of carbonyl (C=O) groups is 1. The molecule has 0 radical (unpaired) electrons. The summed E-state index contributed by atoms with van der Waals surface area (Å²) in [6.07, 6.45) is 5.06. The maximum Gasteiger partial charge on any atom is 0.247 e. The van der Waals surface area contributed by atoms with Gasteiger partial charge in [0.1, 0.15) is 0 Å². The molecule has 2 N–H and O–H groups in total. The molecule has 1 fully saturated rings. The van der Waals surface area contributed by atoms with Gasteiger partial charge < -0.3 is 20.1 Å². The average Bonchev–Trinajstić information content (AvgIpc) is 3.53. The number of nitrogens with one attached hydrogen (secondary N) is 2. The number of carbonyl (C=O) groups excluding carboxylic acids is 1. The number of nitrogens with zero attached hydrogens (tertiary/aromatic N) is 6. The summed E-state index contributed by atoms with van der Waals surface area (Å²) in [7, 11) is 2.02. The largest absolute Gasteiger partial charge is 0.368 e. The first-order valence-electron chi connectivity index (χ1n) is 12.0. The molecule has 9 nitrogen and oxygen atoms in total. The Hall–Kier alpha value is -4.31. The van der Waals surface area contributed by atoms with Gasteiger partial charge in [0.15, 0.2) is 11.5 Å². The molecule has 0 spiro atoms. The zero-order valence-corrected chi connectivity index (χ0v) is 21.2. The number of para-hydroxylation sites is 1. The molecule has 10 heteroatoms. The SMILES string of the molecule is C=CC(=O)Nc1cc(Nc2nc(-c3cn(C)c4ccccc34)n3nccc3n2)ccc1N1CCSCC1. The Labute approximate surface area is 218 Å². The Kier molecular flexibility index (Phi) is 6.01. The Bertz CT molecular complexity index is 1630. The van der Waals surface area contributed by atoms with Crippen LogP contribution in [0.1, 0.15) is 0 Å². The minimum atomic E-state index is -0.250. The van der Waals surface area contributed by atoms with Gasteiger partial charge in [-0.3, -0.25) is 4.79 Å². The van der Waals surface area contributed by atoms with Crippen LogP contribution >= 0.6 is 11.8 Å². The summed E-state index contributed by atoms with van der Waals surface area (Å²) in [5.74, 6) is 3.01. The standard InChI is InChI=1S/C27H26N8OS/c1-3-25(36)30-21-16-18(8-9-23(21)34-12-14-37-15-13-34)29-27-31-24-10-11-28-35(24)26(32-27)20-17-33(2)22-7-5-4-6-19(20)22/h3-11,16-17H,1,12-15H2,2H3,(H,29,31)(H,30,36). The number of aryl methyl sites for hydroxylation is 1. The smallest absolute Gasteiger partial charge is 0.247 e. The number of rotatable bonds is 6. The van der Waals surface area contributed by atoms with Gasteiger partial charge in [-0.05, 0) is 30.3 Å². The summed E-state index contributed by atoms with van der Waals surface area (Å²) < 4.78 is 3.84. The van der Waals surface area contributed by atoms with Crippen LogP contribution in [0, 0.1) is 0 Å². The monoisotopic (exact) mass is 510 g/mol. The zero-order valence-electron chi connectivity index (χ0n) is 20.4. The quantitative estimate of drug-likeness (QED) is 0.320. The maximum atomic E-state index is 12.2. The van der Waals surface area contributed by atoms with Crippen molar-refractivity contribution in [2.75, 3.05) is 40.1 Å². The predicted molar refractivity (Wildman–Crippen MR) is 151 cm³/mol. The first kappa shape index (κ1) is 23.1. The van der Waals surface area contributed by atoms with Crippen LogP contribution in [-0.4, -0.2) is 54.7 Å². The number of hydrogen-bond acceptors (Lipinski definition) is 7. The molecule has 1 aliphatic heterocycles. The van der Waals surface area contributed by atoms with Crippen LogP contribution in [0.15, 0.2) is 73.6 Å². The Morgan fingerprint density at radius 1 is 1.11 bits per heavy atom. The second kappa shape index (κ2) is 9.62. The lowest BCUT2D eigenvalue weighted by atomic mass is 10.1. The number of fused-ring (bicyclic) bond motifs is 2. The summed E-state index contributed by atoms with van der Waals surface area (Å²) in [4.78, 5) is 24.0. The van der Waals surface area contributed by atoms with Gasteiger partial charge in [-0.2, -0.15) is 31.3 Å². The maximum absolute atomic E-state index is 12.2. The van der Waals surface area contributed by atoms with Crippen molar-refractivity contribution in [1.29, 1.82) is 0 Å². The number of benzene rings is 2. The minimum Gasteiger partial charge on any atom is -0.368 e. The van der Waals surface area contributed by atoms with Crippen LogP contribution in [0.2, 0.25) is 0 Å². The van der Waals surface area contributed by atoms with Crippen molar-refractivity contribution in [2.24, 2.45) is 7.05 Å². The molecular weight excluding hydrogens is 484 g/mol. The number of anilines is 4. The molecule has 1 amide bonds. The molecule has 2 aromatic carbocycles. The van der Waals surface area contributed by atoms with E-state index in [1.807, 2.05) is 55.2 Å². The van der Waals surface area contributed by atoms with E-state index in [2.05, 4.69) is 55.1 Å². The average molecular weight is 511 g/mol. The van der Waals surface area contributed by atoms with Crippen LogP contribution < -0.4 is 15.5 Å². The zero-order chi connectivity index (χ0) is 25.4. The van der Waals surface area contributed by atoms with Crippen molar-refractivity contribution in [3.05, 3.63) is 73.6 Å². The van der Waals surface area contributed by atoms with Crippen molar-refractivity contribution in [3.63, 3.8) is 0 Å². The number of aromatic nitrogens is 5. The summed E-state index contributed by atoms with van der Waals surface area (Å²) >= 11 is 1.94. The predicted octanol–water partition coefficient (Wildman–Crippen LogP) is 4.70. The molecule has 186 valence electrons. The van der Waals surface area contributed by atoms with Crippen LogP contribution in [0.5, 0.6) is 0 Å². The highest BCUT2D eigenvalue weighted by Gasteiger charge is 2.18. The highest BCUT2D eigenvalue weighted by molar-refractivity contribution is 7.99. The molecule has 0 unspecified atom stereocenters. The molecule has 37 heavy (non-hydrogen) atoms. The third kappa shape index (κ3) is 4.40. The van der Waals surface area contributed by atoms with Crippen molar-refractivity contribution >= 4 is 57.2 Å². The second-order valence-corrected chi connectivity index (χ2v) is 10.0. The molecule has 1 saturated heterocycles. The first-order valence-corrected chi connectivity index (χ1v) is 13.2. The molecule has 3 aromatic heterocycles. The van der Waals surface area contributed by atoms with E-state index in [0.29, 0.717) is 17.4 Å². The van der Waals surface area contributed by atoms with Crippen LogP contribution in [0.25, 0.3) is 27.9 Å². The molecule has 0 atom stereocenters. The molecule has 5 aromatic rings. The van der Waals surface area contributed by atoms with Crippen molar-refractivity contribution in [3.8, 4) is 11.4 Å². The second-order valence-electron chi connectivity index (χ2n) is 8.79. The van der Waals surface area contributed by atoms with E-state index in [-0.39, 0.29) is 5.91 Å². The molecule has 6 rings (SSSR count). The number of amides is 1. The van der Waals surface area contributed by atoms with Gasteiger partial charge in [0.2, 0.25) is 11.9 Å². The third-order valence-electron chi connectivity index (χ3n) is 6.44. The summed E-state index contributed by atoms with van der Waals surface area (Å²) in [6.45, 7) is 5.47. The van der Waals surface area contributed by atoms with E-state index in [1.54, 1.807) is 10.7 Å². The van der Waals surface area contributed by atoms with Crippen LogP contribution in [0.3, 0.4) is 0 Å². The molecule has 1 aliphatic rings. The van der Waals surface area contributed by atoms with Crippen molar-refractivity contribution < 1.29 is 4.79 Å². The van der Waals surface area contributed by atoms with E-state index >= 15 is 0 Å². The van der Waals surface area contributed by atoms with E-state index in [0.717, 1.165) is 58.1 Å². The van der Waals surface area contributed by atoms with E-state index < -0.39 is 0 Å². The summed E-state index contributed by atoms with van der Waals surface area (Å²) in [6, 6.07) is 16.0. The van der Waals surface area contributed by atoms with Gasteiger partial charge in [-0.1, -0.05) is 24.8 Å². The number of thioether (sulfide) groups is 1. The van der Waals surface area contributed by atoms with Gasteiger partial charge >= 0.3 is 0 Å². The lowest BCUT2D eigenvalue weighted by molar-refractivity contribution is -0.111. The molecule has 0 saturated carbocycles. The fourth-order valence-corrected chi connectivity index (χ4v) is 5.59. The van der Waals surface area contributed by atoms with Crippen molar-refractivity contribution in [1.82, 2.24) is 24.1 Å². The van der Waals surface area contributed by atoms with Gasteiger partial charge in [-0.25, -0.2) is 0 Å². The highest BCUT2D eigenvalue weighted by atomic mass is 32.2. The van der Waals surface area contributed by atoms with Crippen molar-refractivity contribution in [2.45, 2.75) is 0 Å². The summed E-state index contributed by atoms with van der Waals surface area (Å²) in [5.41, 5.74) is 5.24. The first-order chi connectivity index (χ1) is 18.1. The minimum absolute atomic E-state index is 0.250. The Balaban J connectivity index is 1.40. The fourth-order valence-electron chi connectivity index (χ4n) is 4.68. The van der Waals surface area contributed by atoms with E-state index in [1.165, 1.54) is 6.08 Å². The normalized spacial score (nSPS) is 13.7. The molecule has 0 aliphatic carbocycles. The lowest BCUT2D eigenvalue weighted by Gasteiger charge is -2.30. The van der Waals surface area contributed by atoms with Gasteiger partial charge in [0.05, 0.1) is 17.6 Å². The van der Waals surface area contributed by atoms with E-state index in [4.69, 9.17) is 4.98 Å². The lowest BCUT2D eigenvalue weighted by Crippen LogP contribution is -2.33. The van der Waals surface area contributed by atoms with Gasteiger partial charge in [-0.15, -0.1) is 0 Å². The number of hydrogen-bond donors (Lipinski definition) is 2.